The number of ether oxygens (including phenoxy) is 1. The van der Waals surface area contributed by atoms with Crippen LogP contribution in [0.2, 0.25) is 5.02 Å². The summed E-state index contributed by atoms with van der Waals surface area (Å²) in [6, 6.07) is 5.44. The average Bonchev–Trinajstić information content (AvgIpc) is 2.58. The average molecular weight is 402 g/mol. The number of anilines is 2. The van der Waals surface area contributed by atoms with Gasteiger partial charge in [0.15, 0.2) is 5.82 Å². The molecule has 10 heteroatoms. The molecule has 0 atom stereocenters. The smallest absolute Gasteiger partial charge is 0.260 e. The molecule has 0 spiro atoms. The van der Waals surface area contributed by atoms with E-state index in [1.54, 1.807) is 6.92 Å². The Kier molecular flexibility index (Phi) is 6.38. The van der Waals surface area contributed by atoms with Crippen LogP contribution in [0.3, 0.4) is 0 Å². The van der Waals surface area contributed by atoms with Gasteiger partial charge >= 0.3 is 0 Å². The number of sulfonamides is 1. The Morgan fingerprint density at radius 3 is 2.62 bits per heavy atom. The predicted octanol–water partition coefficient (Wildman–Crippen LogP) is 3.29. The first-order chi connectivity index (χ1) is 12.3. The third-order valence-electron chi connectivity index (χ3n) is 3.26. The molecule has 0 bridgehead atoms. The molecule has 26 heavy (non-hydrogen) atoms. The van der Waals surface area contributed by atoms with Crippen LogP contribution < -0.4 is 14.8 Å². The molecule has 0 saturated heterocycles. The van der Waals surface area contributed by atoms with Crippen molar-refractivity contribution < 1.29 is 22.3 Å². The fraction of sp³-hybridized carbons (Fsp3) is 0.250. The Labute approximate surface area is 155 Å². The zero-order valence-corrected chi connectivity index (χ0v) is 15.6. The lowest BCUT2D eigenvalue weighted by atomic mass is 10.1. The molecule has 0 aliphatic rings. The standard InChI is InChI=1S/C16H17ClFN3O4S/c1-3-8-26(23,24)21-12-6-5-11(17)14(15(12)18)16(22)20-10-4-7-13(25-2)19-9-10/h4-7,9,21H,3,8H2,1-2H3,(H,20,22). The van der Waals surface area contributed by atoms with E-state index in [1.807, 2.05) is 0 Å². The number of nitrogens with one attached hydrogen (secondary N) is 2. The van der Waals surface area contributed by atoms with E-state index in [9.17, 15) is 17.6 Å². The number of methoxy groups -OCH3 is 1. The summed E-state index contributed by atoms with van der Waals surface area (Å²) >= 11 is 5.93. The van der Waals surface area contributed by atoms with Crippen LogP contribution in [0.4, 0.5) is 15.8 Å². The van der Waals surface area contributed by atoms with Crippen LogP contribution in [0.15, 0.2) is 30.5 Å². The van der Waals surface area contributed by atoms with Gasteiger partial charge in [-0.15, -0.1) is 0 Å². The van der Waals surface area contributed by atoms with Crippen molar-refractivity contribution in [2.45, 2.75) is 13.3 Å². The lowest BCUT2D eigenvalue weighted by Crippen LogP contribution is -2.20. The number of halogens is 2. The van der Waals surface area contributed by atoms with Crippen molar-refractivity contribution in [3.05, 3.63) is 46.9 Å². The highest BCUT2D eigenvalue weighted by atomic mass is 35.5. The molecule has 1 amide bonds. The van der Waals surface area contributed by atoms with Gasteiger partial charge in [0, 0.05) is 6.07 Å². The quantitative estimate of drug-likeness (QED) is 0.741. The third kappa shape index (κ3) is 4.83. The van der Waals surface area contributed by atoms with E-state index in [0.717, 1.165) is 6.07 Å². The second-order valence-corrected chi connectivity index (χ2v) is 7.50. The van der Waals surface area contributed by atoms with Crippen molar-refractivity contribution >= 4 is 38.9 Å². The fourth-order valence-electron chi connectivity index (χ4n) is 2.10. The molecule has 0 aliphatic carbocycles. The van der Waals surface area contributed by atoms with Gasteiger partial charge in [0.25, 0.3) is 5.91 Å². The van der Waals surface area contributed by atoms with E-state index >= 15 is 0 Å². The molecular weight excluding hydrogens is 385 g/mol. The van der Waals surface area contributed by atoms with Crippen molar-refractivity contribution in [2.75, 3.05) is 22.9 Å². The van der Waals surface area contributed by atoms with Gasteiger partial charge in [-0.3, -0.25) is 9.52 Å². The van der Waals surface area contributed by atoms with E-state index in [2.05, 4.69) is 15.0 Å². The summed E-state index contributed by atoms with van der Waals surface area (Å²) < 4.78 is 45.4. The lowest BCUT2D eigenvalue weighted by Gasteiger charge is -2.13. The van der Waals surface area contributed by atoms with Crippen LogP contribution >= 0.6 is 11.6 Å². The fourth-order valence-corrected chi connectivity index (χ4v) is 3.46. The predicted molar refractivity (Wildman–Crippen MR) is 97.9 cm³/mol. The van der Waals surface area contributed by atoms with Crippen molar-refractivity contribution in [1.29, 1.82) is 0 Å². The largest absolute Gasteiger partial charge is 0.481 e. The van der Waals surface area contributed by atoms with Crippen LogP contribution in [0.1, 0.15) is 23.7 Å². The van der Waals surface area contributed by atoms with Crippen LogP contribution in [0.25, 0.3) is 0 Å². The molecule has 2 N–H and O–H groups in total. The summed E-state index contributed by atoms with van der Waals surface area (Å²) in [6.45, 7) is 1.68. The Morgan fingerprint density at radius 2 is 2.04 bits per heavy atom. The highest BCUT2D eigenvalue weighted by Gasteiger charge is 2.22. The van der Waals surface area contributed by atoms with Gasteiger partial charge in [0.2, 0.25) is 15.9 Å². The zero-order valence-electron chi connectivity index (χ0n) is 14.0. The van der Waals surface area contributed by atoms with Crippen molar-refractivity contribution in [2.24, 2.45) is 0 Å². The topological polar surface area (TPSA) is 97.4 Å². The van der Waals surface area contributed by atoms with Crippen molar-refractivity contribution in [3.63, 3.8) is 0 Å². The van der Waals surface area contributed by atoms with Crippen LogP contribution in [0.5, 0.6) is 5.88 Å². The maximum atomic E-state index is 14.7. The first kappa shape index (κ1) is 19.9. The Hall–Kier alpha value is -2.39. The van der Waals surface area contributed by atoms with Gasteiger partial charge in [-0.2, -0.15) is 0 Å². The Bertz CT molecular complexity index is 904. The molecule has 2 aromatic rings. The van der Waals surface area contributed by atoms with Crippen molar-refractivity contribution in [3.8, 4) is 5.88 Å². The van der Waals surface area contributed by atoms with Gasteiger partial charge in [-0.05, 0) is 24.6 Å². The maximum Gasteiger partial charge on any atom is 0.260 e. The molecule has 1 aromatic heterocycles. The van der Waals surface area contributed by atoms with Crippen LogP contribution in [-0.4, -0.2) is 32.2 Å². The lowest BCUT2D eigenvalue weighted by molar-refractivity contribution is 0.102. The summed E-state index contributed by atoms with van der Waals surface area (Å²) in [4.78, 5) is 16.3. The molecule has 0 radical (unpaired) electrons. The highest BCUT2D eigenvalue weighted by Crippen LogP contribution is 2.27. The molecule has 1 aromatic carbocycles. The number of amides is 1. The molecule has 2 rings (SSSR count). The monoisotopic (exact) mass is 401 g/mol. The molecule has 1 heterocycles. The first-order valence-electron chi connectivity index (χ1n) is 7.57. The van der Waals surface area contributed by atoms with Gasteiger partial charge in [-0.25, -0.2) is 17.8 Å². The minimum Gasteiger partial charge on any atom is -0.481 e. The summed E-state index contributed by atoms with van der Waals surface area (Å²) in [5.41, 5.74) is -0.525. The highest BCUT2D eigenvalue weighted by molar-refractivity contribution is 7.92. The summed E-state index contributed by atoms with van der Waals surface area (Å²) in [7, 11) is -2.27. The summed E-state index contributed by atoms with van der Waals surface area (Å²) in [5.74, 6) is -1.72. The molecule has 0 saturated carbocycles. The maximum absolute atomic E-state index is 14.7. The molecular formula is C16H17ClFN3O4S. The van der Waals surface area contributed by atoms with E-state index in [1.165, 1.54) is 31.5 Å². The van der Waals surface area contributed by atoms with Gasteiger partial charge in [-0.1, -0.05) is 18.5 Å². The minimum absolute atomic E-state index is 0.153. The number of aromatic nitrogens is 1. The number of rotatable bonds is 7. The number of benzene rings is 1. The number of nitrogens with zero attached hydrogens (tertiary/aromatic N) is 1. The normalized spacial score (nSPS) is 11.1. The SMILES string of the molecule is CCCS(=O)(=O)Nc1ccc(Cl)c(C(=O)Nc2ccc(OC)nc2)c1F. The zero-order chi connectivity index (χ0) is 19.3. The second-order valence-electron chi connectivity index (χ2n) is 5.25. The molecule has 7 nitrogen and oxygen atoms in total. The van der Waals surface area contributed by atoms with E-state index in [4.69, 9.17) is 16.3 Å². The molecule has 0 aliphatic heterocycles. The van der Waals surface area contributed by atoms with Crippen LogP contribution in [-0.2, 0) is 10.0 Å². The number of hydrogen-bond acceptors (Lipinski definition) is 5. The van der Waals surface area contributed by atoms with E-state index < -0.39 is 27.3 Å². The van der Waals surface area contributed by atoms with Gasteiger partial charge in [0.1, 0.15) is 0 Å². The van der Waals surface area contributed by atoms with Crippen LogP contribution in [0, 0.1) is 5.82 Å². The Balaban J connectivity index is 2.29. The third-order valence-corrected chi connectivity index (χ3v) is 5.05. The molecule has 0 unspecified atom stereocenters. The minimum atomic E-state index is -3.72. The van der Waals surface area contributed by atoms with Gasteiger partial charge in [0.05, 0.1) is 41.0 Å². The van der Waals surface area contributed by atoms with E-state index in [-0.39, 0.29) is 16.5 Å². The summed E-state index contributed by atoms with van der Waals surface area (Å²) in [6.07, 6.45) is 1.69. The Morgan fingerprint density at radius 1 is 1.31 bits per heavy atom. The number of pyridine rings is 1. The van der Waals surface area contributed by atoms with Crippen molar-refractivity contribution in [1.82, 2.24) is 4.98 Å². The molecule has 140 valence electrons. The van der Waals surface area contributed by atoms with Gasteiger partial charge < -0.3 is 10.1 Å². The number of carbonyl (C=O) groups is 1. The number of carbonyl (C=O) groups excluding carboxylic acids is 1. The molecule has 0 fully saturated rings. The van der Waals surface area contributed by atoms with E-state index in [0.29, 0.717) is 18.0 Å². The summed E-state index contributed by atoms with van der Waals surface area (Å²) in [5, 5.41) is 2.29. The number of hydrogen-bond donors (Lipinski definition) is 2. The second kappa shape index (κ2) is 8.33. The first-order valence-corrected chi connectivity index (χ1v) is 9.60.